The Bertz CT molecular complexity index is 400. The number of aryl methyl sites for hydroxylation is 1. The maximum Gasteiger partial charge on any atom is 0.119 e. The van der Waals surface area contributed by atoms with E-state index in [0.29, 0.717) is 0 Å². The van der Waals surface area contributed by atoms with E-state index >= 15 is 0 Å². The van der Waals surface area contributed by atoms with E-state index in [0.717, 1.165) is 44.7 Å². The van der Waals surface area contributed by atoms with E-state index in [4.69, 9.17) is 4.74 Å². The van der Waals surface area contributed by atoms with Gasteiger partial charge in [0, 0.05) is 32.7 Å². The number of rotatable bonds is 7. The van der Waals surface area contributed by atoms with Crippen LogP contribution in [0.2, 0.25) is 0 Å². The molecule has 0 spiro atoms. The Morgan fingerprint density at radius 2 is 1.95 bits per heavy atom. The molecule has 1 aromatic carbocycles. The maximum atomic E-state index is 5.73. The van der Waals surface area contributed by atoms with Gasteiger partial charge in [-0.05, 0) is 42.5 Å². The molecule has 0 bridgehead atoms. The van der Waals surface area contributed by atoms with Crippen molar-refractivity contribution in [2.75, 3.05) is 39.3 Å². The lowest BCUT2D eigenvalue weighted by Crippen LogP contribution is -2.44. The molecule has 1 N–H and O–H groups in total. The Morgan fingerprint density at radius 1 is 1.15 bits per heavy atom. The predicted octanol–water partition coefficient (Wildman–Crippen LogP) is 2.49. The highest BCUT2D eigenvalue weighted by molar-refractivity contribution is 5.36. The molecule has 3 heteroatoms. The summed E-state index contributed by atoms with van der Waals surface area (Å²) in [6, 6.07) is 6.61. The average molecular weight is 276 g/mol. The van der Waals surface area contributed by atoms with Gasteiger partial charge in [0.25, 0.3) is 0 Å². The molecule has 1 saturated heterocycles. The lowest BCUT2D eigenvalue weighted by atomic mass is 10.0. The third-order valence-electron chi connectivity index (χ3n) is 3.94. The van der Waals surface area contributed by atoms with E-state index in [2.05, 4.69) is 42.3 Å². The van der Waals surface area contributed by atoms with Crippen molar-refractivity contribution in [3.63, 3.8) is 0 Å². The van der Waals surface area contributed by atoms with Crippen molar-refractivity contribution in [3.05, 3.63) is 29.3 Å². The van der Waals surface area contributed by atoms with Crippen LogP contribution < -0.4 is 10.1 Å². The Hall–Kier alpha value is -1.06. The molecule has 1 heterocycles. The Balaban J connectivity index is 1.92. The fourth-order valence-corrected chi connectivity index (χ4v) is 2.70. The lowest BCUT2D eigenvalue weighted by Gasteiger charge is -2.27. The van der Waals surface area contributed by atoms with Gasteiger partial charge in [-0.15, -0.1) is 0 Å². The highest BCUT2D eigenvalue weighted by atomic mass is 16.5. The fourth-order valence-electron chi connectivity index (χ4n) is 2.70. The van der Waals surface area contributed by atoms with Gasteiger partial charge in [-0.3, -0.25) is 0 Å². The van der Waals surface area contributed by atoms with Crippen LogP contribution >= 0.6 is 0 Å². The molecular weight excluding hydrogens is 248 g/mol. The molecule has 0 amide bonds. The van der Waals surface area contributed by atoms with E-state index in [1.807, 2.05) is 0 Å². The van der Waals surface area contributed by atoms with Crippen LogP contribution in [0.3, 0.4) is 0 Å². The topological polar surface area (TPSA) is 24.5 Å². The third-order valence-corrected chi connectivity index (χ3v) is 3.94. The summed E-state index contributed by atoms with van der Waals surface area (Å²) in [5.74, 6) is 1.02. The van der Waals surface area contributed by atoms with Gasteiger partial charge in [0.2, 0.25) is 0 Å². The largest absolute Gasteiger partial charge is 0.494 e. The summed E-state index contributed by atoms with van der Waals surface area (Å²) in [4.78, 5) is 2.55. The first-order valence-corrected chi connectivity index (χ1v) is 8.01. The summed E-state index contributed by atoms with van der Waals surface area (Å²) in [6.07, 6.45) is 3.30. The van der Waals surface area contributed by atoms with Crippen molar-refractivity contribution in [1.82, 2.24) is 10.2 Å². The van der Waals surface area contributed by atoms with Crippen LogP contribution in [0.5, 0.6) is 5.75 Å². The molecule has 20 heavy (non-hydrogen) atoms. The fraction of sp³-hybridized carbons (Fsp3) is 0.647. The van der Waals surface area contributed by atoms with Crippen molar-refractivity contribution < 1.29 is 4.74 Å². The minimum atomic E-state index is 0.809. The van der Waals surface area contributed by atoms with Crippen molar-refractivity contribution in [2.24, 2.45) is 0 Å². The molecular formula is C17H28N2O. The summed E-state index contributed by atoms with van der Waals surface area (Å²) < 4.78 is 5.73. The molecule has 3 nitrogen and oxygen atoms in total. The summed E-state index contributed by atoms with van der Waals surface area (Å²) >= 11 is 0. The number of nitrogens with zero attached hydrogens (tertiary/aromatic N) is 1. The summed E-state index contributed by atoms with van der Waals surface area (Å²) in [5.41, 5.74) is 2.92. The molecule has 112 valence electrons. The van der Waals surface area contributed by atoms with Gasteiger partial charge < -0.3 is 15.0 Å². The second kappa shape index (κ2) is 8.28. The molecule has 0 radical (unpaired) electrons. The van der Waals surface area contributed by atoms with Crippen LogP contribution in [0.15, 0.2) is 18.2 Å². The molecule has 0 unspecified atom stereocenters. The zero-order valence-corrected chi connectivity index (χ0v) is 13.0. The first kappa shape index (κ1) is 15.3. The number of piperazine rings is 1. The quantitative estimate of drug-likeness (QED) is 0.828. The predicted molar refractivity (Wildman–Crippen MR) is 84.6 cm³/mol. The molecule has 1 aliphatic heterocycles. The monoisotopic (exact) mass is 276 g/mol. The number of ether oxygens (including phenoxy) is 1. The third kappa shape index (κ3) is 4.50. The van der Waals surface area contributed by atoms with Gasteiger partial charge in [0.05, 0.1) is 6.61 Å². The summed E-state index contributed by atoms with van der Waals surface area (Å²) in [6.45, 7) is 11.0. The van der Waals surface area contributed by atoms with Crippen LogP contribution in [0.4, 0.5) is 0 Å². The number of nitrogens with one attached hydrogen (secondary N) is 1. The Labute approximate surface area is 123 Å². The van der Waals surface area contributed by atoms with Gasteiger partial charge in [-0.1, -0.05) is 19.9 Å². The van der Waals surface area contributed by atoms with E-state index in [-0.39, 0.29) is 0 Å². The minimum Gasteiger partial charge on any atom is -0.494 e. The molecule has 0 aliphatic carbocycles. The van der Waals surface area contributed by atoms with Crippen molar-refractivity contribution >= 4 is 0 Å². The van der Waals surface area contributed by atoms with E-state index in [9.17, 15) is 0 Å². The summed E-state index contributed by atoms with van der Waals surface area (Å²) in [7, 11) is 0. The van der Waals surface area contributed by atoms with Crippen LogP contribution in [0.1, 0.15) is 31.4 Å². The zero-order chi connectivity index (χ0) is 14.2. The molecule has 2 rings (SSSR count). The van der Waals surface area contributed by atoms with Gasteiger partial charge in [-0.25, -0.2) is 0 Å². The highest BCUT2D eigenvalue weighted by Gasteiger charge is 2.10. The first-order chi connectivity index (χ1) is 9.83. The normalized spacial score (nSPS) is 16.3. The number of benzene rings is 1. The van der Waals surface area contributed by atoms with Gasteiger partial charge in [-0.2, -0.15) is 0 Å². The molecule has 1 aliphatic rings. The minimum absolute atomic E-state index is 0.809. The standard InChI is InChI=1S/C17H28N2O/c1-3-13-20-17-6-5-16(15(4-2)14-17)7-10-19-11-8-18-9-12-19/h5-6,14,18H,3-4,7-13H2,1-2H3. The van der Waals surface area contributed by atoms with E-state index in [1.165, 1.54) is 30.8 Å². The summed E-state index contributed by atoms with van der Waals surface area (Å²) in [5, 5.41) is 3.40. The second-order valence-corrected chi connectivity index (χ2v) is 5.47. The molecule has 1 aromatic rings. The molecule has 0 aromatic heterocycles. The van der Waals surface area contributed by atoms with Crippen molar-refractivity contribution in [3.8, 4) is 5.75 Å². The molecule has 0 saturated carbocycles. The van der Waals surface area contributed by atoms with Crippen molar-refractivity contribution in [2.45, 2.75) is 33.1 Å². The van der Waals surface area contributed by atoms with E-state index < -0.39 is 0 Å². The Morgan fingerprint density at radius 3 is 2.65 bits per heavy atom. The number of hydrogen-bond acceptors (Lipinski definition) is 3. The van der Waals surface area contributed by atoms with Gasteiger partial charge in [0.15, 0.2) is 0 Å². The lowest BCUT2D eigenvalue weighted by molar-refractivity contribution is 0.243. The Kier molecular flexibility index (Phi) is 6.34. The maximum absolute atomic E-state index is 5.73. The highest BCUT2D eigenvalue weighted by Crippen LogP contribution is 2.19. The van der Waals surface area contributed by atoms with Crippen LogP contribution in [-0.4, -0.2) is 44.2 Å². The first-order valence-electron chi connectivity index (χ1n) is 8.01. The molecule has 0 atom stereocenters. The second-order valence-electron chi connectivity index (χ2n) is 5.47. The van der Waals surface area contributed by atoms with Crippen molar-refractivity contribution in [1.29, 1.82) is 0 Å². The van der Waals surface area contributed by atoms with Crippen LogP contribution in [0, 0.1) is 0 Å². The zero-order valence-electron chi connectivity index (χ0n) is 13.0. The molecule has 1 fully saturated rings. The SMILES string of the molecule is CCCOc1ccc(CCN2CCNCC2)c(CC)c1. The van der Waals surface area contributed by atoms with Crippen LogP contribution in [-0.2, 0) is 12.8 Å². The van der Waals surface area contributed by atoms with E-state index in [1.54, 1.807) is 0 Å². The smallest absolute Gasteiger partial charge is 0.119 e. The average Bonchev–Trinajstić information content (AvgIpc) is 2.52. The number of hydrogen-bond donors (Lipinski definition) is 1. The van der Waals surface area contributed by atoms with Gasteiger partial charge in [0.1, 0.15) is 5.75 Å². The van der Waals surface area contributed by atoms with Crippen LogP contribution in [0.25, 0.3) is 0 Å². The van der Waals surface area contributed by atoms with Gasteiger partial charge >= 0.3 is 0 Å².